The quantitative estimate of drug-likeness (QED) is 0.924. The molecule has 1 amide bonds. The Morgan fingerprint density at radius 1 is 1.35 bits per heavy atom. The molecule has 0 saturated carbocycles. The number of hydrogen-bond donors (Lipinski definition) is 1. The van der Waals surface area contributed by atoms with E-state index in [1.807, 2.05) is 0 Å². The molecule has 1 aromatic heterocycles. The van der Waals surface area contributed by atoms with Crippen LogP contribution in [-0.4, -0.2) is 33.5 Å². The van der Waals surface area contributed by atoms with Crippen LogP contribution in [0.2, 0.25) is 0 Å². The summed E-state index contributed by atoms with van der Waals surface area (Å²) < 4.78 is 12.7. The Kier molecular flexibility index (Phi) is 3.40. The fourth-order valence-corrected chi connectivity index (χ4v) is 3.07. The monoisotopic (exact) mass is 314 g/mol. The molecule has 1 aromatic carbocycles. The molecule has 2 aliphatic heterocycles. The van der Waals surface area contributed by atoms with Gasteiger partial charge in [0.25, 0.3) is 5.91 Å². The molecular formula is C16H18N4O3. The molecule has 2 aliphatic rings. The number of fused-ring (bicyclic) bond motifs is 2. The van der Waals surface area contributed by atoms with E-state index in [2.05, 4.69) is 27.0 Å². The van der Waals surface area contributed by atoms with E-state index in [-0.39, 0.29) is 18.7 Å². The van der Waals surface area contributed by atoms with Crippen LogP contribution in [0.25, 0.3) is 0 Å². The van der Waals surface area contributed by atoms with E-state index in [0.717, 1.165) is 37.5 Å². The Balaban J connectivity index is 1.47. The van der Waals surface area contributed by atoms with E-state index in [1.54, 1.807) is 18.2 Å². The SMILES string of the molecule is CCc1nnc2n1C[C@@H](NC(=O)c1ccc3c(c1)OCO3)CC2. The van der Waals surface area contributed by atoms with Gasteiger partial charge in [-0.25, -0.2) is 0 Å². The normalized spacial score (nSPS) is 18.6. The molecule has 1 N–H and O–H groups in total. The third-order valence-corrected chi connectivity index (χ3v) is 4.31. The zero-order chi connectivity index (χ0) is 15.8. The second-order valence-electron chi connectivity index (χ2n) is 5.77. The first-order valence-electron chi connectivity index (χ1n) is 7.86. The number of carbonyl (C=O) groups is 1. The van der Waals surface area contributed by atoms with Crippen molar-refractivity contribution < 1.29 is 14.3 Å². The van der Waals surface area contributed by atoms with Crippen LogP contribution in [0, 0.1) is 0 Å². The van der Waals surface area contributed by atoms with E-state index in [1.165, 1.54) is 0 Å². The van der Waals surface area contributed by atoms with Gasteiger partial charge in [-0.15, -0.1) is 10.2 Å². The average molecular weight is 314 g/mol. The molecule has 3 heterocycles. The highest BCUT2D eigenvalue weighted by Crippen LogP contribution is 2.32. The van der Waals surface area contributed by atoms with E-state index in [4.69, 9.17) is 9.47 Å². The Morgan fingerprint density at radius 2 is 2.22 bits per heavy atom. The Morgan fingerprint density at radius 3 is 3.09 bits per heavy atom. The third-order valence-electron chi connectivity index (χ3n) is 4.31. The second kappa shape index (κ2) is 5.57. The Hall–Kier alpha value is -2.57. The standard InChI is InChI=1S/C16H18N4O3/c1-2-14-18-19-15-6-4-11(8-20(14)15)17-16(21)10-3-5-12-13(7-10)23-9-22-12/h3,5,7,11H,2,4,6,8-9H2,1H3,(H,17,21)/t11-/m0/s1. The second-order valence-corrected chi connectivity index (χ2v) is 5.77. The first-order chi connectivity index (χ1) is 11.2. The van der Waals surface area contributed by atoms with Gasteiger partial charge in [0, 0.05) is 31.0 Å². The van der Waals surface area contributed by atoms with Crippen molar-refractivity contribution in [2.45, 2.75) is 38.8 Å². The van der Waals surface area contributed by atoms with E-state index < -0.39 is 0 Å². The lowest BCUT2D eigenvalue weighted by atomic mass is 10.1. The minimum Gasteiger partial charge on any atom is -0.454 e. The fourth-order valence-electron chi connectivity index (χ4n) is 3.07. The number of amides is 1. The molecule has 4 rings (SSSR count). The predicted octanol–water partition coefficient (Wildman–Crippen LogP) is 1.31. The summed E-state index contributed by atoms with van der Waals surface area (Å²) in [6.45, 7) is 2.99. The van der Waals surface area contributed by atoms with Gasteiger partial charge in [-0.05, 0) is 24.6 Å². The summed E-state index contributed by atoms with van der Waals surface area (Å²) in [5, 5.41) is 11.5. The molecule has 0 bridgehead atoms. The molecule has 2 aromatic rings. The average Bonchev–Trinajstić information content (AvgIpc) is 3.20. The molecular weight excluding hydrogens is 296 g/mol. The number of aromatic nitrogens is 3. The molecule has 0 aliphatic carbocycles. The number of nitrogens with zero attached hydrogens (tertiary/aromatic N) is 3. The van der Waals surface area contributed by atoms with Gasteiger partial charge in [0.05, 0.1) is 0 Å². The maximum atomic E-state index is 12.5. The van der Waals surface area contributed by atoms with Gasteiger partial charge in [0.1, 0.15) is 11.6 Å². The highest BCUT2D eigenvalue weighted by Gasteiger charge is 2.24. The number of hydrogen-bond acceptors (Lipinski definition) is 5. The van der Waals surface area contributed by atoms with Gasteiger partial charge in [-0.2, -0.15) is 0 Å². The molecule has 0 saturated heterocycles. The largest absolute Gasteiger partial charge is 0.454 e. The minimum absolute atomic E-state index is 0.0849. The molecule has 0 unspecified atom stereocenters. The summed E-state index contributed by atoms with van der Waals surface area (Å²) >= 11 is 0. The fraction of sp³-hybridized carbons (Fsp3) is 0.438. The summed E-state index contributed by atoms with van der Waals surface area (Å²) in [7, 11) is 0. The number of nitrogens with one attached hydrogen (secondary N) is 1. The molecule has 23 heavy (non-hydrogen) atoms. The van der Waals surface area contributed by atoms with Crippen LogP contribution in [-0.2, 0) is 19.4 Å². The topological polar surface area (TPSA) is 78.3 Å². The van der Waals surface area contributed by atoms with E-state index in [0.29, 0.717) is 17.1 Å². The zero-order valence-electron chi connectivity index (χ0n) is 12.9. The van der Waals surface area contributed by atoms with Crippen LogP contribution < -0.4 is 14.8 Å². The van der Waals surface area contributed by atoms with Crippen LogP contribution >= 0.6 is 0 Å². The minimum atomic E-state index is -0.0946. The summed E-state index contributed by atoms with van der Waals surface area (Å²) in [5.41, 5.74) is 0.583. The molecule has 120 valence electrons. The summed E-state index contributed by atoms with van der Waals surface area (Å²) in [6.07, 6.45) is 2.55. The number of aryl methyl sites for hydroxylation is 2. The lowest BCUT2D eigenvalue weighted by Gasteiger charge is -2.25. The van der Waals surface area contributed by atoms with E-state index in [9.17, 15) is 4.79 Å². The van der Waals surface area contributed by atoms with Crippen molar-refractivity contribution in [3.8, 4) is 11.5 Å². The van der Waals surface area contributed by atoms with Crippen molar-refractivity contribution in [1.82, 2.24) is 20.1 Å². The van der Waals surface area contributed by atoms with Gasteiger partial charge in [-0.1, -0.05) is 6.92 Å². The summed E-state index contributed by atoms with van der Waals surface area (Å²) in [6, 6.07) is 5.34. The third kappa shape index (κ3) is 2.52. The molecule has 0 spiro atoms. The highest BCUT2D eigenvalue weighted by atomic mass is 16.7. The number of carbonyl (C=O) groups excluding carboxylic acids is 1. The van der Waals surface area contributed by atoms with Gasteiger partial charge in [0.15, 0.2) is 11.5 Å². The Bertz CT molecular complexity index is 742. The van der Waals surface area contributed by atoms with Crippen molar-refractivity contribution in [2.24, 2.45) is 0 Å². The first kappa shape index (κ1) is 14.0. The first-order valence-corrected chi connectivity index (χ1v) is 7.86. The lowest BCUT2D eigenvalue weighted by Crippen LogP contribution is -2.41. The van der Waals surface area contributed by atoms with Crippen molar-refractivity contribution in [2.75, 3.05) is 6.79 Å². The van der Waals surface area contributed by atoms with Crippen molar-refractivity contribution >= 4 is 5.91 Å². The predicted molar refractivity (Wildman–Crippen MR) is 81.5 cm³/mol. The van der Waals surface area contributed by atoms with Gasteiger partial charge in [0.2, 0.25) is 6.79 Å². The van der Waals surface area contributed by atoms with Gasteiger partial charge in [-0.3, -0.25) is 4.79 Å². The van der Waals surface area contributed by atoms with Crippen LogP contribution in [0.3, 0.4) is 0 Å². The lowest BCUT2D eigenvalue weighted by molar-refractivity contribution is 0.0927. The summed E-state index contributed by atoms with van der Waals surface area (Å²) in [5.74, 6) is 3.19. The Labute approximate surface area is 133 Å². The molecule has 1 atom stereocenters. The number of benzene rings is 1. The molecule has 7 heteroatoms. The van der Waals surface area contributed by atoms with Crippen molar-refractivity contribution in [3.05, 3.63) is 35.4 Å². The van der Waals surface area contributed by atoms with Crippen LogP contribution in [0.5, 0.6) is 11.5 Å². The van der Waals surface area contributed by atoms with Crippen molar-refractivity contribution in [3.63, 3.8) is 0 Å². The zero-order valence-corrected chi connectivity index (χ0v) is 12.9. The van der Waals surface area contributed by atoms with Crippen LogP contribution in [0.4, 0.5) is 0 Å². The molecule has 7 nitrogen and oxygen atoms in total. The van der Waals surface area contributed by atoms with Crippen molar-refractivity contribution in [1.29, 1.82) is 0 Å². The maximum Gasteiger partial charge on any atom is 0.251 e. The van der Waals surface area contributed by atoms with Gasteiger partial charge < -0.3 is 19.4 Å². The highest BCUT2D eigenvalue weighted by molar-refractivity contribution is 5.95. The number of ether oxygens (including phenoxy) is 2. The number of rotatable bonds is 3. The summed E-state index contributed by atoms with van der Waals surface area (Å²) in [4.78, 5) is 12.5. The van der Waals surface area contributed by atoms with Gasteiger partial charge >= 0.3 is 0 Å². The van der Waals surface area contributed by atoms with Crippen LogP contribution in [0.15, 0.2) is 18.2 Å². The van der Waals surface area contributed by atoms with Crippen LogP contribution in [0.1, 0.15) is 35.4 Å². The molecule has 0 radical (unpaired) electrons. The smallest absolute Gasteiger partial charge is 0.251 e. The maximum absolute atomic E-state index is 12.5. The molecule has 0 fully saturated rings. The van der Waals surface area contributed by atoms with E-state index >= 15 is 0 Å².